The van der Waals surface area contributed by atoms with Crippen LogP contribution in [0.15, 0.2) is 69.7 Å². The number of rotatable bonds is 3. The molecule has 0 amide bonds. The molecule has 23 heavy (non-hydrogen) atoms. The van der Waals surface area contributed by atoms with Crippen LogP contribution in [-0.2, 0) is 0 Å². The molecule has 0 aliphatic rings. The second kappa shape index (κ2) is 5.36. The molecule has 114 valence electrons. The number of aryl methyl sites for hydroxylation is 1. The number of hydrogen-bond donors (Lipinski definition) is 0. The molecule has 0 spiro atoms. The van der Waals surface area contributed by atoms with E-state index in [4.69, 9.17) is 13.6 Å². The van der Waals surface area contributed by atoms with E-state index in [1.165, 1.54) is 0 Å². The van der Waals surface area contributed by atoms with Crippen molar-refractivity contribution in [1.29, 1.82) is 0 Å². The SMILES string of the molecule is COc1cccc(-c2coc3ccc(-c4ccc(C)o4)cc23)c1. The molecule has 4 rings (SSSR count). The second-order valence-electron chi connectivity index (χ2n) is 5.50. The van der Waals surface area contributed by atoms with Gasteiger partial charge in [-0.15, -0.1) is 0 Å². The minimum absolute atomic E-state index is 0.828. The Balaban J connectivity index is 1.87. The molecule has 2 aromatic carbocycles. The topological polar surface area (TPSA) is 35.5 Å². The van der Waals surface area contributed by atoms with Crippen LogP contribution in [0.4, 0.5) is 0 Å². The molecule has 0 atom stereocenters. The summed E-state index contributed by atoms with van der Waals surface area (Å²) in [6.45, 7) is 1.95. The van der Waals surface area contributed by atoms with Crippen molar-refractivity contribution in [3.05, 3.63) is 66.6 Å². The van der Waals surface area contributed by atoms with Crippen LogP contribution in [0.3, 0.4) is 0 Å². The molecule has 0 aliphatic heterocycles. The molecule has 3 nitrogen and oxygen atoms in total. The lowest BCUT2D eigenvalue weighted by atomic mass is 10.0. The van der Waals surface area contributed by atoms with Crippen molar-refractivity contribution >= 4 is 11.0 Å². The zero-order valence-electron chi connectivity index (χ0n) is 13.0. The highest BCUT2D eigenvalue weighted by Crippen LogP contribution is 2.35. The van der Waals surface area contributed by atoms with E-state index in [1.54, 1.807) is 13.4 Å². The lowest BCUT2D eigenvalue weighted by Gasteiger charge is -2.03. The molecule has 0 saturated carbocycles. The van der Waals surface area contributed by atoms with Gasteiger partial charge in [0.15, 0.2) is 0 Å². The molecule has 0 unspecified atom stereocenters. The van der Waals surface area contributed by atoms with E-state index < -0.39 is 0 Å². The zero-order valence-corrected chi connectivity index (χ0v) is 13.0. The van der Waals surface area contributed by atoms with Gasteiger partial charge in [0.25, 0.3) is 0 Å². The molecule has 0 saturated heterocycles. The fraction of sp³-hybridized carbons (Fsp3) is 0.100. The molecule has 0 N–H and O–H groups in total. The van der Waals surface area contributed by atoms with Crippen LogP contribution in [0.2, 0.25) is 0 Å². The van der Waals surface area contributed by atoms with E-state index in [-0.39, 0.29) is 0 Å². The fourth-order valence-electron chi connectivity index (χ4n) is 2.79. The summed E-state index contributed by atoms with van der Waals surface area (Å²) in [5.74, 6) is 2.59. The van der Waals surface area contributed by atoms with Gasteiger partial charge in [-0.1, -0.05) is 12.1 Å². The summed E-state index contributed by atoms with van der Waals surface area (Å²) in [6.07, 6.45) is 1.79. The summed E-state index contributed by atoms with van der Waals surface area (Å²) < 4.78 is 16.7. The van der Waals surface area contributed by atoms with Gasteiger partial charge in [-0.2, -0.15) is 0 Å². The van der Waals surface area contributed by atoms with Crippen molar-refractivity contribution in [2.45, 2.75) is 6.92 Å². The van der Waals surface area contributed by atoms with Gasteiger partial charge in [0, 0.05) is 16.5 Å². The lowest BCUT2D eigenvalue weighted by Crippen LogP contribution is -1.83. The average Bonchev–Trinajstić information content (AvgIpc) is 3.20. The standard InChI is InChI=1S/C20H16O3/c1-13-6-8-19(23-13)15-7-9-20-17(11-15)18(12-22-20)14-4-3-5-16(10-14)21-2/h3-12H,1-2H3. The predicted octanol–water partition coefficient (Wildman–Crippen LogP) is 5.68. The second-order valence-corrected chi connectivity index (χ2v) is 5.50. The van der Waals surface area contributed by atoms with E-state index in [0.717, 1.165) is 44.9 Å². The Morgan fingerprint density at radius 2 is 1.83 bits per heavy atom. The summed E-state index contributed by atoms with van der Waals surface area (Å²) >= 11 is 0. The maximum atomic E-state index is 5.73. The third-order valence-electron chi connectivity index (χ3n) is 3.98. The largest absolute Gasteiger partial charge is 0.497 e. The van der Waals surface area contributed by atoms with E-state index in [9.17, 15) is 0 Å². The first-order valence-electron chi connectivity index (χ1n) is 7.47. The van der Waals surface area contributed by atoms with Crippen LogP contribution in [0.5, 0.6) is 5.75 Å². The third kappa shape index (κ3) is 2.40. The van der Waals surface area contributed by atoms with Crippen LogP contribution < -0.4 is 4.74 Å². The van der Waals surface area contributed by atoms with E-state index in [1.807, 2.05) is 49.4 Å². The number of hydrogen-bond acceptors (Lipinski definition) is 3. The maximum absolute atomic E-state index is 5.73. The summed E-state index contributed by atoms with van der Waals surface area (Å²) in [6, 6.07) is 18.0. The number of ether oxygens (including phenoxy) is 1. The first kappa shape index (κ1) is 13.7. The number of methoxy groups -OCH3 is 1. The summed E-state index contributed by atoms with van der Waals surface area (Å²) in [4.78, 5) is 0. The van der Waals surface area contributed by atoms with Crippen LogP contribution in [-0.4, -0.2) is 7.11 Å². The van der Waals surface area contributed by atoms with E-state index in [0.29, 0.717) is 0 Å². The maximum Gasteiger partial charge on any atom is 0.134 e. The van der Waals surface area contributed by atoms with Gasteiger partial charge in [0.2, 0.25) is 0 Å². The van der Waals surface area contributed by atoms with Gasteiger partial charge in [0.1, 0.15) is 22.9 Å². The van der Waals surface area contributed by atoms with Crippen molar-refractivity contribution in [3.63, 3.8) is 0 Å². The Hall–Kier alpha value is -2.94. The highest BCUT2D eigenvalue weighted by Gasteiger charge is 2.11. The number of furan rings is 2. The molecule has 0 fully saturated rings. The van der Waals surface area contributed by atoms with Crippen molar-refractivity contribution in [2.24, 2.45) is 0 Å². The van der Waals surface area contributed by atoms with E-state index in [2.05, 4.69) is 12.1 Å². The zero-order chi connectivity index (χ0) is 15.8. The molecule has 4 aromatic rings. The lowest BCUT2D eigenvalue weighted by molar-refractivity contribution is 0.415. The van der Waals surface area contributed by atoms with Crippen molar-refractivity contribution in [3.8, 4) is 28.2 Å². The highest BCUT2D eigenvalue weighted by atomic mass is 16.5. The van der Waals surface area contributed by atoms with E-state index >= 15 is 0 Å². The number of benzene rings is 2. The summed E-state index contributed by atoms with van der Waals surface area (Å²) in [5, 5.41) is 1.06. The van der Waals surface area contributed by atoms with Crippen LogP contribution in [0.1, 0.15) is 5.76 Å². The van der Waals surface area contributed by atoms with Gasteiger partial charge >= 0.3 is 0 Å². The first-order valence-corrected chi connectivity index (χ1v) is 7.47. The summed E-state index contributed by atoms with van der Waals surface area (Å²) in [7, 11) is 1.67. The molecular formula is C20H16O3. The normalized spacial score (nSPS) is 11.0. The molecular weight excluding hydrogens is 288 g/mol. The Bertz CT molecular complexity index is 975. The van der Waals surface area contributed by atoms with Gasteiger partial charge in [-0.3, -0.25) is 0 Å². The van der Waals surface area contributed by atoms with Gasteiger partial charge in [-0.25, -0.2) is 0 Å². The Labute approximate surface area is 134 Å². The minimum Gasteiger partial charge on any atom is -0.497 e. The van der Waals surface area contributed by atoms with Gasteiger partial charge in [-0.05, 0) is 55.0 Å². The quantitative estimate of drug-likeness (QED) is 0.488. The van der Waals surface area contributed by atoms with Crippen LogP contribution >= 0.6 is 0 Å². The Morgan fingerprint density at radius 1 is 0.913 bits per heavy atom. The van der Waals surface area contributed by atoms with Crippen molar-refractivity contribution < 1.29 is 13.6 Å². The predicted molar refractivity (Wildman–Crippen MR) is 90.6 cm³/mol. The monoisotopic (exact) mass is 304 g/mol. The van der Waals surface area contributed by atoms with Crippen LogP contribution in [0, 0.1) is 6.92 Å². The average molecular weight is 304 g/mol. The Kier molecular flexibility index (Phi) is 3.19. The molecule has 0 aliphatic carbocycles. The molecule has 2 aromatic heterocycles. The number of fused-ring (bicyclic) bond motifs is 1. The summed E-state index contributed by atoms with van der Waals surface area (Å²) in [5.41, 5.74) is 4.01. The minimum atomic E-state index is 0.828. The smallest absolute Gasteiger partial charge is 0.134 e. The molecule has 0 bridgehead atoms. The molecule has 3 heteroatoms. The fourth-order valence-corrected chi connectivity index (χ4v) is 2.79. The van der Waals surface area contributed by atoms with Crippen LogP contribution in [0.25, 0.3) is 33.4 Å². The highest BCUT2D eigenvalue weighted by molar-refractivity contribution is 5.96. The van der Waals surface area contributed by atoms with Gasteiger partial charge in [0.05, 0.1) is 13.4 Å². The third-order valence-corrected chi connectivity index (χ3v) is 3.98. The molecule has 0 radical (unpaired) electrons. The van der Waals surface area contributed by atoms with Crippen molar-refractivity contribution in [2.75, 3.05) is 7.11 Å². The first-order chi connectivity index (χ1) is 11.2. The van der Waals surface area contributed by atoms with Gasteiger partial charge < -0.3 is 13.6 Å². The molecule has 2 heterocycles. The van der Waals surface area contributed by atoms with Crippen molar-refractivity contribution in [1.82, 2.24) is 0 Å². The Morgan fingerprint density at radius 3 is 2.61 bits per heavy atom.